The third-order valence-corrected chi connectivity index (χ3v) is 4.29. The van der Waals surface area contributed by atoms with Gasteiger partial charge in [0.15, 0.2) is 0 Å². The van der Waals surface area contributed by atoms with Crippen LogP contribution < -0.4 is 5.32 Å². The molecule has 0 bridgehead atoms. The molecule has 2 rings (SSSR count). The summed E-state index contributed by atoms with van der Waals surface area (Å²) in [6, 6.07) is 0. The largest absolute Gasteiger partial charge is 0.481 e. The van der Waals surface area contributed by atoms with Gasteiger partial charge in [-0.25, -0.2) is 0 Å². The Morgan fingerprint density at radius 3 is 2.29 bits per heavy atom. The fourth-order valence-electron chi connectivity index (χ4n) is 2.60. The SMILES string of the molecule is CCC1(C(=O)O)CCN(C(=O)C2CNC2)CC1. The minimum atomic E-state index is -0.711. The summed E-state index contributed by atoms with van der Waals surface area (Å²) in [5.74, 6) is -0.398. The lowest BCUT2D eigenvalue weighted by atomic mass is 9.76. The Balaban J connectivity index is 1.92. The van der Waals surface area contributed by atoms with Gasteiger partial charge in [0.2, 0.25) is 5.91 Å². The van der Waals surface area contributed by atoms with Crippen LogP contribution in [0.1, 0.15) is 26.2 Å². The number of amides is 1. The van der Waals surface area contributed by atoms with E-state index in [9.17, 15) is 14.7 Å². The van der Waals surface area contributed by atoms with Crippen molar-refractivity contribution in [2.24, 2.45) is 11.3 Å². The first-order valence-electron chi connectivity index (χ1n) is 6.32. The molecule has 5 heteroatoms. The van der Waals surface area contributed by atoms with Gasteiger partial charge in [0.1, 0.15) is 0 Å². The summed E-state index contributed by atoms with van der Waals surface area (Å²) in [6.45, 7) is 4.65. The molecule has 0 atom stereocenters. The van der Waals surface area contributed by atoms with Crippen molar-refractivity contribution < 1.29 is 14.7 Å². The maximum Gasteiger partial charge on any atom is 0.309 e. The van der Waals surface area contributed by atoms with E-state index in [1.54, 1.807) is 0 Å². The van der Waals surface area contributed by atoms with Gasteiger partial charge in [0.25, 0.3) is 0 Å². The van der Waals surface area contributed by atoms with Gasteiger partial charge in [0.05, 0.1) is 11.3 Å². The summed E-state index contributed by atoms with van der Waals surface area (Å²) >= 11 is 0. The average molecular weight is 240 g/mol. The van der Waals surface area contributed by atoms with Crippen LogP contribution in [0.4, 0.5) is 0 Å². The number of nitrogens with zero attached hydrogens (tertiary/aromatic N) is 1. The van der Waals surface area contributed by atoms with Crippen LogP contribution in [-0.4, -0.2) is 48.1 Å². The van der Waals surface area contributed by atoms with Gasteiger partial charge in [-0.3, -0.25) is 9.59 Å². The fraction of sp³-hybridized carbons (Fsp3) is 0.833. The van der Waals surface area contributed by atoms with E-state index in [1.807, 2.05) is 11.8 Å². The highest BCUT2D eigenvalue weighted by Gasteiger charge is 2.42. The van der Waals surface area contributed by atoms with Crippen LogP contribution in [0, 0.1) is 11.3 Å². The van der Waals surface area contributed by atoms with E-state index in [2.05, 4.69) is 5.32 Å². The van der Waals surface area contributed by atoms with Crippen LogP contribution in [0.5, 0.6) is 0 Å². The smallest absolute Gasteiger partial charge is 0.309 e. The minimum Gasteiger partial charge on any atom is -0.481 e. The lowest BCUT2D eigenvalue weighted by molar-refractivity contribution is -0.155. The number of carbonyl (C=O) groups excluding carboxylic acids is 1. The predicted molar refractivity (Wildman–Crippen MR) is 62.5 cm³/mol. The van der Waals surface area contributed by atoms with E-state index in [-0.39, 0.29) is 11.8 Å². The van der Waals surface area contributed by atoms with Crippen LogP contribution in [-0.2, 0) is 9.59 Å². The first kappa shape index (κ1) is 12.4. The molecule has 0 aromatic carbocycles. The second-order valence-corrected chi connectivity index (χ2v) is 5.12. The molecule has 2 saturated heterocycles. The van der Waals surface area contributed by atoms with Crippen molar-refractivity contribution in [3.63, 3.8) is 0 Å². The average Bonchev–Trinajstić information content (AvgIpc) is 2.26. The van der Waals surface area contributed by atoms with Gasteiger partial charge in [0, 0.05) is 26.2 Å². The minimum absolute atomic E-state index is 0.119. The molecule has 0 saturated carbocycles. The zero-order valence-corrected chi connectivity index (χ0v) is 10.2. The molecule has 0 aromatic heterocycles. The number of hydrogen-bond donors (Lipinski definition) is 2. The highest BCUT2D eigenvalue weighted by Crippen LogP contribution is 2.35. The van der Waals surface area contributed by atoms with Crippen molar-refractivity contribution in [3.8, 4) is 0 Å². The Morgan fingerprint density at radius 1 is 1.35 bits per heavy atom. The second-order valence-electron chi connectivity index (χ2n) is 5.12. The molecule has 0 aliphatic carbocycles. The molecule has 0 unspecified atom stereocenters. The molecule has 17 heavy (non-hydrogen) atoms. The second kappa shape index (κ2) is 4.64. The van der Waals surface area contributed by atoms with Gasteiger partial charge >= 0.3 is 5.97 Å². The number of carboxylic acid groups (broad SMARTS) is 1. The summed E-state index contributed by atoms with van der Waals surface area (Å²) in [6.07, 6.45) is 1.82. The third-order valence-electron chi connectivity index (χ3n) is 4.29. The van der Waals surface area contributed by atoms with Gasteiger partial charge in [-0.1, -0.05) is 6.92 Å². The maximum atomic E-state index is 12.0. The van der Waals surface area contributed by atoms with Crippen molar-refractivity contribution in [1.82, 2.24) is 10.2 Å². The number of carbonyl (C=O) groups is 2. The summed E-state index contributed by atoms with van der Waals surface area (Å²) in [7, 11) is 0. The van der Waals surface area contributed by atoms with Crippen molar-refractivity contribution in [2.45, 2.75) is 26.2 Å². The lowest BCUT2D eigenvalue weighted by Gasteiger charge is -2.40. The van der Waals surface area contributed by atoms with Crippen LogP contribution in [0.25, 0.3) is 0 Å². The predicted octanol–water partition coefficient (Wildman–Crippen LogP) is 0.309. The Labute approximate surface area is 101 Å². The number of hydrogen-bond acceptors (Lipinski definition) is 3. The molecule has 0 aromatic rings. The van der Waals surface area contributed by atoms with Crippen LogP contribution >= 0.6 is 0 Å². The fourth-order valence-corrected chi connectivity index (χ4v) is 2.60. The Bertz CT molecular complexity index is 318. The number of aliphatic carboxylic acids is 1. The first-order valence-corrected chi connectivity index (χ1v) is 6.32. The van der Waals surface area contributed by atoms with E-state index in [1.165, 1.54) is 0 Å². The van der Waals surface area contributed by atoms with Crippen molar-refractivity contribution in [2.75, 3.05) is 26.2 Å². The summed E-state index contributed by atoms with van der Waals surface area (Å²) in [5.41, 5.74) is -0.603. The molecular weight excluding hydrogens is 220 g/mol. The topological polar surface area (TPSA) is 69.6 Å². The monoisotopic (exact) mass is 240 g/mol. The van der Waals surface area contributed by atoms with Gasteiger partial charge < -0.3 is 15.3 Å². The van der Waals surface area contributed by atoms with E-state index in [0.29, 0.717) is 32.4 Å². The first-order chi connectivity index (χ1) is 8.09. The van der Waals surface area contributed by atoms with Crippen LogP contribution in [0.2, 0.25) is 0 Å². The molecule has 0 spiro atoms. The Kier molecular flexibility index (Phi) is 3.38. The normalized spacial score (nSPS) is 24.2. The van der Waals surface area contributed by atoms with E-state index < -0.39 is 11.4 Å². The zero-order chi connectivity index (χ0) is 12.5. The molecule has 2 heterocycles. The van der Waals surface area contributed by atoms with Crippen molar-refractivity contribution >= 4 is 11.9 Å². The molecule has 2 aliphatic heterocycles. The van der Waals surface area contributed by atoms with Crippen LogP contribution in [0.15, 0.2) is 0 Å². The highest BCUT2D eigenvalue weighted by molar-refractivity contribution is 5.81. The Morgan fingerprint density at radius 2 is 1.94 bits per heavy atom. The molecule has 96 valence electrons. The van der Waals surface area contributed by atoms with E-state index in [0.717, 1.165) is 13.1 Å². The molecule has 2 aliphatic rings. The van der Waals surface area contributed by atoms with E-state index >= 15 is 0 Å². The standard InChI is InChI=1S/C12H20N2O3/c1-2-12(11(16)17)3-5-14(6-4-12)10(15)9-7-13-8-9/h9,13H,2-8H2,1H3,(H,16,17). The molecular formula is C12H20N2O3. The number of piperidine rings is 1. The highest BCUT2D eigenvalue weighted by atomic mass is 16.4. The third kappa shape index (κ3) is 2.16. The number of nitrogens with one attached hydrogen (secondary N) is 1. The van der Waals surface area contributed by atoms with E-state index in [4.69, 9.17) is 0 Å². The van der Waals surface area contributed by atoms with Gasteiger partial charge in [-0.15, -0.1) is 0 Å². The molecule has 2 N–H and O–H groups in total. The molecule has 0 radical (unpaired) electrons. The lowest BCUT2D eigenvalue weighted by Crippen LogP contribution is -2.55. The zero-order valence-electron chi connectivity index (χ0n) is 10.2. The van der Waals surface area contributed by atoms with Gasteiger partial charge in [-0.2, -0.15) is 0 Å². The Hall–Kier alpha value is -1.10. The van der Waals surface area contributed by atoms with Crippen molar-refractivity contribution in [1.29, 1.82) is 0 Å². The van der Waals surface area contributed by atoms with Crippen molar-refractivity contribution in [3.05, 3.63) is 0 Å². The molecule has 5 nitrogen and oxygen atoms in total. The number of rotatable bonds is 3. The molecule has 2 fully saturated rings. The quantitative estimate of drug-likeness (QED) is 0.745. The number of likely N-dealkylation sites (tertiary alicyclic amines) is 1. The van der Waals surface area contributed by atoms with Gasteiger partial charge in [-0.05, 0) is 19.3 Å². The van der Waals surface area contributed by atoms with Crippen LogP contribution in [0.3, 0.4) is 0 Å². The summed E-state index contributed by atoms with van der Waals surface area (Å²) in [4.78, 5) is 25.1. The summed E-state index contributed by atoms with van der Waals surface area (Å²) in [5, 5.41) is 12.4. The number of carboxylic acids is 1. The summed E-state index contributed by atoms with van der Waals surface area (Å²) < 4.78 is 0. The maximum absolute atomic E-state index is 12.0. The molecule has 1 amide bonds.